The number of carbonyl (C=O) groups is 1. The van der Waals surface area contributed by atoms with Crippen LogP contribution in [0.3, 0.4) is 0 Å². The zero-order chi connectivity index (χ0) is 100. The molecule has 0 spiro atoms. The molecule has 0 saturated heterocycles. The summed E-state index contributed by atoms with van der Waals surface area (Å²) in [5.41, 5.74) is 34.8. The van der Waals surface area contributed by atoms with Crippen molar-refractivity contribution in [1.29, 1.82) is 0 Å². The van der Waals surface area contributed by atoms with E-state index >= 15 is 0 Å². The number of hydrogen-bond acceptors (Lipinski definition) is 7. The minimum Gasteiger partial charge on any atom is 2.00 e. The first-order valence-electron chi connectivity index (χ1n) is 48.6. The molecule has 145 heavy (non-hydrogen) atoms. The van der Waals surface area contributed by atoms with Crippen LogP contribution >= 0.6 is 37.7 Å². The topological polar surface area (TPSA) is 115 Å². The summed E-state index contributed by atoms with van der Waals surface area (Å²) in [5.74, 6) is 5.00. The summed E-state index contributed by atoms with van der Waals surface area (Å²) in [6, 6.07) is 121. The van der Waals surface area contributed by atoms with Gasteiger partial charge in [0.05, 0.1) is 23.0 Å². The first kappa shape index (κ1) is 118. The Hall–Kier alpha value is -9.20. The van der Waals surface area contributed by atoms with E-state index in [9.17, 15) is 0 Å². The SMILES string of the molecule is C.C.C.CC(=O)O.CC(C)c1cc(-c2ccccc2)cc(C(C)C)c1-n1ccnc1-c1[c-]c(N(c2[c-]c(-c3nccn3-c3c(C(C)C)cc(-c4ccccc4)cc3C(C)C)ccc2)c2ccccc2)ccc1.CC(C)c1cc(-c2ccccc2)cc(C(C)C)c1-n1ccnc1-c1cccc(N(c2ccccc2)c2cccc(-c3nccn3-c3c(C(C)C)cc(-c4ccccc4)cc3C(C)C)c2)c1.[Cl][Pt]([Cl])([Cl])[Cl].[K][K].[Pt+2]. The van der Waals surface area contributed by atoms with Gasteiger partial charge in [0.15, 0.2) is 0 Å². The van der Waals surface area contributed by atoms with Gasteiger partial charge >= 0.3 is 134 Å². The maximum Gasteiger partial charge on any atom is 2.00 e. The van der Waals surface area contributed by atoms with E-state index in [1.54, 1.807) is 0 Å². The van der Waals surface area contributed by atoms with E-state index in [-0.39, 0.29) is 67.0 Å². The number of nitrogens with zero attached hydrogens (tertiary/aromatic N) is 10. The van der Waals surface area contributed by atoms with Gasteiger partial charge in [-0.3, -0.25) is 23.9 Å². The van der Waals surface area contributed by atoms with Crippen LogP contribution in [0.15, 0.2) is 365 Å². The van der Waals surface area contributed by atoms with Crippen molar-refractivity contribution in [2.75, 3.05) is 9.80 Å². The number of carboxylic acids is 1. The molecule has 0 aliphatic heterocycles. The van der Waals surface area contributed by atoms with Crippen molar-refractivity contribution in [3.8, 4) is 113 Å². The van der Waals surface area contributed by atoms with Gasteiger partial charge in [0, 0.05) is 102 Å². The van der Waals surface area contributed by atoms with Crippen molar-refractivity contribution in [2.24, 2.45) is 0 Å². The van der Waals surface area contributed by atoms with E-state index in [1.165, 1.54) is 175 Å². The largest absolute Gasteiger partial charge is 2.00 e. The molecule has 0 saturated carbocycles. The molecular formula is C125H132Cl4K2N10O2Pt2. The molecule has 20 heteroatoms. The minimum atomic E-state index is -3.06. The second-order valence-electron chi connectivity index (χ2n) is 37.3. The van der Waals surface area contributed by atoms with Gasteiger partial charge in [-0.15, -0.1) is 59.7 Å². The van der Waals surface area contributed by atoms with E-state index in [1.807, 2.05) is 24.8 Å². The predicted octanol–water partition coefficient (Wildman–Crippen LogP) is 37.0. The smallest absolute Gasteiger partial charge is 2.00 e. The fourth-order valence-corrected chi connectivity index (χ4v) is 18.3. The molecule has 0 atom stereocenters. The zero-order valence-corrected chi connectivity index (χ0v) is 98.0. The third kappa shape index (κ3) is 28.9. The number of rotatable bonds is 26. The van der Waals surface area contributed by atoms with Gasteiger partial charge in [-0.2, -0.15) is 0 Å². The second kappa shape index (κ2) is 54.8. The molecule has 0 aliphatic carbocycles. The summed E-state index contributed by atoms with van der Waals surface area (Å²) in [6.45, 7) is 37.7. The molecule has 744 valence electrons. The van der Waals surface area contributed by atoms with E-state index in [0.29, 0.717) is 23.7 Å². The zero-order valence-electron chi connectivity index (χ0n) is 84.2. The van der Waals surface area contributed by atoms with E-state index in [4.69, 9.17) is 67.5 Å². The third-order valence-electron chi connectivity index (χ3n) is 24.9. The van der Waals surface area contributed by atoms with Crippen molar-refractivity contribution in [1.82, 2.24) is 38.2 Å². The Labute approximate surface area is 941 Å². The number of hydrogen-bond donors (Lipinski definition) is 1. The Bertz CT molecular complexity index is 6300. The second-order valence-corrected chi connectivity index (χ2v) is 57.0. The van der Waals surface area contributed by atoms with Crippen LogP contribution in [0.5, 0.6) is 0 Å². The van der Waals surface area contributed by atoms with Crippen molar-refractivity contribution >= 4 is 141 Å². The minimum absolute atomic E-state index is 0. The Kier molecular flexibility index (Phi) is 44.5. The summed E-state index contributed by atoms with van der Waals surface area (Å²) >= 11 is -0.556. The first-order valence-corrected chi connectivity index (χ1v) is 75.9. The van der Waals surface area contributed by atoms with Crippen LogP contribution in [-0.4, -0.2) is 112 Å². The van der Waals surface area contributed by atoms with Gasteiger partial charge in [0.2, 0.25) is 0 Å². The maximum atomic E-state index is 9.00. The van der Waals surface area contributed by atoms with Crippen molar-refractivity contribution < 1.29 is 42.9 Å². The van der Waals surface area contributed by atoms with E-state index in [2.05, 4.69) is 491 Å². The number of carboxylic acid groups (broad SMARTS) is 1. The first-order chi connectivity index (χ1) is 67.9. The van der Waals surface area contributed by atoms with Gasteiger partial charge in [-0.05, 0) is 245 Å². The number of para-hydroxylation sites is 2. The Balaban J connectivity index is 0.000000263. The molecule has 0 amide bonds. The van der Waals surface area contributed by atoms with Crippen LogP contribution in [0.25, 0.3) is 113 Å². The normalized spacial score (nSPS) is 11.2. The number of aliphatic carboxylic acids is 1. The summed E-state index contributed by atoms with van der Waals surface area (Å²) < 4.78 is 9.18. The molecule has 1 N–H and O–H groups in total. The molecule has 4 aromatic heterocycles. The molecule has 0 bridgehead atoms. The molecule has 12 nitrogen and oxygen atoms in total. The van der Waals surface area contributed by atoms with Gasteiger partial charge in [-0.1, -0.05) is 315 Å². The third-order valence-corrected chi connectivity index (χ3v) is 24.9. The Morgan fingerprint density at radius 3 is 0.710 bits per heavy atom. The summed E-state index contributed by atoms with van der Waals surface area (Å²) in [4.78, 5) is 33.8. The van der Waals surface area contributed by atoms with Gasteiger partial charge in [0.1, 0.15) is 11.6 Å². The molecular weight excluding hydrogens is 2280 g/mol. The summed E-state index contributed by atoms with van der Waals surface area (Å²) in [6.07, 6.45) is 16.2. The average Bonchev–Trinajstić information content (AvgIpc) is 1.75. The molecule has 18 rings (SSSR count). The number of imidazole rings is 4. The standard InChI is InChI=1S/C60H59N5.C60H57N5.C2H4O2.3CH4.4ClH.2K.2Pt/c2*1-40(2)53-36-48(44-20-12-9-13-21-44)37-54(41(3)4)57(53)63-32-30-61-59(63)46-24-18-28-51(34-46)65(50-26-16-11-17-27-50)52-29-19-25-47(35-52)60-62-31-33-64(60)58-55(42(5)6)38-49(39-56(58)43(7)8)45-22-14-10-15-23-45;1-2(3)4;;;;;;;;;;;/h9-43H,1-8H3;9-33,36-43H,1-8H3;1H3,(H,3,4);3*1H4;4*1H;;;;/q;-2;;;;;;;;;;;+2;+4/p-4. The van der Waals surface area contributed by atoms with Crippen LogP contribution in [0.1, 0.15) is 232 Å². The quantitative estimate of drug-likeness (QED) is 0.0421. The van der Waals surface area contributed by atoms with Gasteiger partial charge < -0.3 is 24.0 Å². The number of halogens is 4. The average molecular weight is 2420 g/mol. The van der Waals surface area contributed by atoms with Crippen LogP contribution in [0, 0.1) is 12.1 Å². The fourth-order valence-electron chi connectivity index (χ4n) is 18.3. The van der Waals surface area contributed by atoms with Crippen molar-refractivity contribution in [3.63, 3.8) is 0 Å². The molecule has 14 aromatic carbocycles. The monoisotopic (exact) mass is 2410 g/mol. The van der Waals surface area contributed by atoms with Crippen molar-refractivity contribution in [2.45, 2.75) is 187 Å². The fraction of sp³-hybridized carbons (Fsp3) is 0.224. The van der Waals surface area contributed by atoms with Gasteiger partial charge in [0.25, 0.3) is 5.97 Å². The molecule has 0 fully saturated rings. The summed E-state index contributed by atoms with van der Waals surface area (Å²) in [5, 5.41) is 7.42. The molecule has 0 unspecified atom stereocenters. The van der Waals surface area contributed by atoms with Crippen LogP contribution in [-0.2, 0) is 37.8 Å². The molecule has 0 aliphatic rings. The predicted molar refractivity (Wildman–Crippen MR) is 613 cm³/mol. The van der Waals surface area contributed by atoms with Crippen molar-refractivity contribution in [3.05, 3.63) is 422 Å². The number of aromatic nitrogens is 8. The number of benzene rings is 14. The van der Waals surface area contributed by atoms with Crippen LogP contribution < -0.4 is 9.80 Å². The van der Waals surface area contributed by atoms with Gasteiger partial charge in [-0.25, -0.2) is 9.97 Å². The molecule has 0 radical (unpaired) electrons. The van der Waals surface area contributed by atoms with E-state index < -0.39 is 17.9 Å². The molecule has 18 aromatic rings. The Morgan fingerprint density at radius 2 is 0.476 bits per heavy atom. The summed E-state index contributed by atoms with van der Waals surface area (Å²) in [7, 11) is 20.0. The maximum absolute atomic E-state index is 9.00. The van der Waals surface area contributed by atoms with Crippen LogP contribution in [0.4, 0.5) is 34.1 Å². The number of anilines is 6. The molecule has 4 heterocycles. The van der Waals surface area contributed by atoms with E-state index in [0.717, 1.165) is 86.6 Å². The Morgan fingerprint density at radius 1 is 0.283 bits per heavy atom. The van der Waals surface area contributed by atoms with Crippen LogP contribution in [0.2, 0.25) is 0 Å².